The van der Waals surface area contributed by atoms with Gasteiger partial charge in [-0.05, 0) is 26.0 Å². The van der Waals surface area contributed by atoms with Crippen LogP contribution in [0.1, 0.15) is 34.7 Å². The first-order valence-electron chi connectivity index (χ1n) is 6.46. The van der Waals surface area contributed by atoms with Crippen LogP contribution in [0.2, 0.25) is 0 Å². The van der Waals surface area contributed by atoms with Gasteiger partial charge in [0.2, 0.25) is 5.78 Å². The molecule has 0 amide bonds. The van der Waals surface area contributed by atoms with Gasteiger partial charge in [0.15, 0.2) is 17.3 Å². The van der Waals surface area contributed by atoms with Gasteiger partial charge in [0.05, 0.1) is 5.56 Å². The van der Waals surface area contributed by atoms with E-state index in [2.05, 4.69) is 18.1 Å². The van der Waals surface area contributed by atoms with E-state index in [1.807, 2.05) is 0 Å². The Bertz CT molecular complexity index is 745. The van der Waals surface area contributed by atoms with Gasteiger partial charge in [-0.2, -0.15) is 0 Å². The Balaban J connectivity index is 2.82. The van der Waals surface area contributed by atoms with E-state index in [1.54, 1.807) is 0 Å². The van der Waals surface area contributed by atoms with Crippen molar-refractivity contribution in [3.63, 3.8) is 0 Å². The smallest absolute Gasteiger partial charge is 0.213 e. The molecule has 0 unspecified atom stereocenters. The molecule has 5 nitrogen and oxygen atoms in total. The second kappa shape index (κ2) is 5.44. The molecule has 1 heterocycles. The standard InChI is InChI=1S/C17H13NO4/c1-8(10(3)19)13-14(9(2)11(4)20)17(22)15-12(16(13)21)6-5-7-18-15/h5-7H,1-2H2,3-4H3. The Morgan fingerprint density at radius 3 is 1.95 bits per heavy atom. The molecule has 1 aromatic rings. The maximum absolute atomic E-state index is 12.6. The van der Waals surface area contributed by atoms with E-state index in [-0.39, 0.29) is 33.5 Å². The molecule has 1 aliphatic carbocycles. The van der Waals surface area contributed by atoms with Crippen molar-refractivity contribution in [3.05, 3.63) is 65.0 Å². The molecule has 2 rings (SSSR count). The van der Waals surface area contributed by atoms with Crippen molar-refractivity contribution in [2.24, 2.45) is 0 Å². The van der Waals surface area contributed by atoms with Crippen molar-refractivity contribution < 1.29 is 19.2 Å². The monoisotopic (exact) mass is 295 g/mol. The van der Waals surface area contributed by atoms with E-state index in [4.69, 9.17) is 0 Å². The van der Waals surface area contributed by atoms with Crippen molar-refractivity contribution >= 4 is 23.1 Å². The summed E-state index contributed by atoms with van der Waals surface area (Å²) in [5.74, 6) is -2.09. The van der Waals surface area contributed by atoms with Crippen LogP contribution >= 0.6 is 0 Å². The maximum Gasteiger partial charge on any atom is 0.213 e. The number of hydrogen-bond donors (Lipinski definition) is 0. The molecular weight excluding hydrogens is 282 g/mol. The number of carbonyl (C=O) groups excluding carboxylic acids is 4. The normalized spacial score (nSPS) is 13.7. The molecule has 0 spiro atoms. The first-order chi connectivity index (χ1) is 10.3. The minimum absolute atomic E-state index is 0.0509. The fourth-order valence-electron chi connectivity index (χ4n) is 2.18. The molecule has 110 valence electrons. The molecule has 0 atom stereocenters. The third kappa shape index (κ3) is 2.26. The highest BCUT2D eigenvalue weighted by Crippen LogP contribution is 2.32. The van der Waals surface area contributed by atoms with Gasteiger partial charge in [0.1, 0.15) is 5.69 Å². The number of nitrogens with zero attached hydrogens (tertiary/aromatic N) is 1. The summed E-state index contributed by atoms with van der Waals surface area (Å²) in [6.45, 7) is 9.61. The topological polar surface area (TPSA) is 81.2 Å². The Morgan fingerprint density at radius 1 is 0.955 bits per heavy atom. The lowest BCUT2D eigenvalue weighted by molar-refractivity contribution is -0.114. The molecule has 0 N–H and O–H groups in total. The number of Topliss-reactive ketones (excluding diaryl/α,β-unsaturated/α-hetero) is 4. The van der Waals surface area contributed by atoms with E-state index in [9.17, 15) is 19.2 Å². The van der Waals surface area contributed by atoms with E-state index in [0.717, 1.165) is 0 Å². The van der Waals surface area contributed by atoms with E-state index in [0.29, 0.717) is 0 Å². The zero-order chi connectivity index (χ0) is 16.6. The lowest BCUT2D eigenvalue weighted by Gasteiger charge is -2.21. The van der Waals surface area contributed by atoms with Crippen LogP contribution < -0.4 is 0 Å². The second-order valence-electron chi connectivity index (χ2n) is 4.88. The van der Waals surface area contributed by atoms with Gasteiger partial charge in [-0.25, -0.2) is 0 Å². The fourth-order valence-corrected chi connectivity index (χ4v) is 2.18. The molecule has 0 bridgehead atoms. The van der Waals surface area contributed by atoms with Gasteiger partial charge in [-0.1, -0.05) is 13.2 Å². The molecule has 22 heavy (non-hydrogen) atoms. The van der Waals surface area contributed by atoms with Crippen molar-refractivity contribution in [1.29, 1.82) is 0 Å². The summed E-state index contributed by atoms with van der Waals surface area (Å²) >= 11 is 0. The summed E-state index contributed by atoms with van der Waals surface area (Å²) in [6.07, 6.45) is 1.38. The molecule has 0 saturated carbocycles. The van der Waals surface area contributed by atoms with Crippen LogP contribution in [0.4, 0.5) is 0 Å². The lowest BCUT2D eigenvalue weighted by atomic mass is 9.79. The van der Waals surface area contributed by atoms with Crippen LogP contribution in [0.25, 0.3) is 0 Å². The van der Waals surface area contributed by atoms with Crippen LogP contribution in [0, 0.1) is 0 Å². The quantitative estimate of drug-likeness (QED) is 0.794. The Hall–Kier alpha value is -2.95. The van der Waals surface area contributed by atoms with Crippen molar-refractivity contribution in [2.75, 3.05) is 0 Å². The number of pyridine rings is 1. The van der Waals surface area contributed by atoms with Crippen LogP contribution in [0.3, 0.4) is 0 Å². The van der Waals surface area contributed by atoms with E-state index in [1.165, 1.54) is 32.2 Å². The predicted molar refractivity (Wildman–Crippen MR) is 79.6 cm³/mol. The number of aromatic nitrogens is 1. The molecule has 0 aliphatic heterocycles. The molecule has 0 radical (unpaired) electrons. The zero-order valence-corrected chi connectivity index (χ0v) is 12.2. The first-order valence-corrected chi connectivity index (χ1v) is 6.46. The molecule has 1 aromatic heterocycles. The Labute approximate surface area is 127 Å². The van der Waals surface area contributed by atoms with Gasteiger partial charge in [0, 0.05) is 28.5 Å². The van der Waals surface area contributed by atoms with Crippen LogP contribution in [0.5, 0.6) is 0 Å². The molecule has 5 heteroatoms. The number of fused-ring (bicyclic) bond motifs is 1. The summed E-state index contributed by atoms with van der Waals surface area (Å²) in [5.41, 5.74) is -0.575. The molecule has 0 saturated heterocycles. The summed E-state index contributed by atoms with van der Waals surface area (Å²) in [5, 5.41) is 0. The van der Waals surface area contributed by atoms with Crippen LogP contribution in [-0.4, -0.2) is 28.1 Å². The van der Waals surface area contributed by atoms with Gasteiger partial charge in [0.25, 0.3) is 0 Å². The summed E-state index contributed by atoms with van der Waals surface area (Å²) < 4.78 is 0. The predicted octanol–water partition coefficient (Wildman–Crippen LogP) is 2.05. The minimum Gasteiger partial charge on any atom is -0.295 e. The minimum atomic E-state index is -0.604. The van der Waals surface area contributed by atoms with Gasteiger partial charge < -0.3 is 0 Å². The van der Waals surface area contributed by atoms with Crippen molar-refractivity contribution in [1.82, 2.24) is 4.98 Å². The van der Waals surface area contributed by atoms with E-state index < -0.39 is 23.1 Å². The molecule has 0 fully saturated rings. The zero-order valence-electron chi connectivity index (χ0n) is 12.2. The lowest BCUT2D eigenvalue weighted by Crippen LogP contribution is -2.27. The average molecular weight is 295 g/mol. The number of carbonyl (C=O) groups is 4. The summed E-state index contributed by atoms with van der Waals surface area (Å²) in [6, 6.07) is 2.96. The summed E-state index contributed by atoms with van der Waals surface area (Å²) in [7, 11) is 0. The molecule has 1 aliphatic rings. The number of hydrogen-bond acceptors (Lipinski definition) is 5. The number of allylic oxidation sites excluding steroid dienone is 4. The third-order valence-electron chi connectivity index (χ3n) is 3.43. The highest BCUT2D eigenvalue weighted by Gasteiger charge is 2.37. The Morgan fingerprint density at radius 2 is 1.45 bits per heavy atom. The summed E-state index contributed by atoms with van der Waals surface area (Å²) in [4.78, 5) is 52.4. The largest absolute Gasteiger partial charge is 0.295 e. The fraction of sp³-hybridized carbons (Fsp3) is 0.118. The first kappa shape index (κ1) is 15.4. The average Bonchev–Trinajstić information content (AvgIpc) is 2.49. The van der Waals surface area contributed by atoms with Gasteiger partial charge >= 0.3 is 0 Å². The number of rotatable bonds is 4. The van der Waals surface area contributed by atoms with Gasteiger partial charge in [-0.3, -0.25) is 24.2 Å². The van der Waals surface area contributed by atoms with Crippen LogP contribution in [0.15, 0.2) is 53.8 Å². The molecule has 0 aromatic carbocycles. The number of ketones is 4. The van der Waals surface area contributed by atoms with Crippen molar-refractivity contribution in [2.45, 2.75) is 13.8 Å². The second-order valence-corrected chi connectivity index (χ2v) is 4.88. The highest BCUT2D eigenvalue weighted by atomic mass is 16.1. The van der Waals surface area contributed by atoms with E-state index >= 15 is 0 Å². The highest BCUT2D eigenvalue weighted by molar-refractivity contribution is 6.33. The van der Waals surface area contributed by atoms with Crippen molar-refractivity contribution in [3.8, 4) is 0 Å². The third-order valence-corrected chi connectivity index (χ3v) is 3.43. The van der Waals surface area contributed by atoms with Gasteiger partial charge in [-0.15, -0.1) is 0 Å². The SMILES string of the molecule is C=C(C(C)=O)C1=C(C(=C)C(C)=O)C(=O)c2ncccc2C1=O. The maximum atomic E-state index is 12.6. The molecular formula is C17H13NO4. The Kier molecular flexibility index (Phi) is 3.82. The van der Waals surface area contributed by atoms with Crippen LogP contribution in [-0.2, 0) is 9.59 Å².